The third kappa shape index (κ3) is 3.05. The molecule has 0 saturated heterocycles. The molecule has 0 spiro atoms. The Morgan fingerprint density at radius 3 is 2.07 bits per heavy atom. The van der Waals surface area contributed by atoms with Crippen molar-refractivity contribution in [1.29, 1.82) is 0 Å². The van der Waals surface area contributed by atoms with Crippen molar-refractivity contribution in [2.75, 3.05) is 0 Å². The number of hydrogen-bond acceptors (Lipinski definition) is 2. The average Bonchev–Trinajstić information content (AvgIpc) is 2.01. The lowest BCUT2D eigenvalue weighted by Crippen LogP contribution is -2.24. The molecule has 0 aromatic heterocycles. The molecular weight excluding hydrogens is 190 g/mol. The molecular formula is C10H12F2O2. The molecule has 0 bridgehead atoms. The van der Waals surface area contributed by atoms with E-state index in [4.69, 9.17) is 5.11 Å². The van der Waals surface area contributed by atoms with Crippen LogP contribution in [0.15, 0.2) is 18.2 Å². The summed E-state index contributed by atoms with van der Waals surface area (Å²) >= 11 is 0. The predicted octanol–water partition coefficient (Wildman–Crippen LogP) is 1.25. The zero-order valence-electron chi connectivity index (χ0n) is 7.74. The van der Waals surface area contributed by atoms with E-state index in [0.29, 0.717) is 5.56 Å². The van der Waals surface area contributed by atoms with Gasteiger partial charge in [-0.1, -0.05) is 0 Å². The summed E-state index contributed by atoms with van der Waals surface area (Å²) in [6.07, 6.45) is -1.88. The van der Waals surface area contributed by atoms with Crippen LogP contribution in [0.3, 0.4) is 0 Å². The van der Waals surface area contributed by atoms with Crippen molar-refractivity contribution in [2.24, 2.45) is 0 Å². The normalized spacial score (nSPS) is 15.2. The fourth-order valence-electron chi connectivity index (χ4n) is 1.14. The van der Waals surface area contributed by atoms with Gasteiger partial charge in [-0.25, -0.2) is 8.78 Å². The number of hydrogen-bond donors (Lipinski definition) is 2. The lowest BCUT2D eigenvalue weighted by molar-refractivity contribution is 0.0319. The van der Waals surface area contributed by atoms with Crippen LogP contribution >= 0.6 is 0 Å². The van der Waals surface area contributed by atoms with Crippen LogP contribution < -0.4 is 0 Å². The Bertz CT molecular complexity index is 293. The second-order valence-corrected chi connectivity index (χ2v) is 3.29. The number of rotatable bonds is 3. The Balaban J connectivity index is 2.76. The van der Waals surface area contributed by atoms with Crippen molar-refractivity contribution in [3.8, 4) is 0 Å². The molecule has 2 unspecified atom stereocenters. The maximum Gasteiger partial charge on any atom is 0.126 e. The summed E-state index contributed by atoms with van der Waals surface area (Å²) in [5.74, 6) is -1.37. The average molecular weight is 202 g/mol. The van der Waals surface area contributed by atoms with E-state index in [-0.39, 0.29) is 6.42 Å². The molecule has 0 saturated carbocycles. The fourth-order valence-corrected chi connectivity index (χ4v) is 1.14. The van der Waals surface area contributed by atoms with Crippen molar-refractivity contribution >= 4 is 0 Å². The molecule has 0 aliphatic carbocycles. The van der Waals surface area contributed by atoms with E-state index in [9.17, 15) is 13.9 Å². The van der Waals surface area contributed by atoms with Gasteiger partial charge < -0.3 is 10.2 Å². The molecule has 0 aliphatic rings. The molecule has 1 aromatic rings. The quantitative estimate of drug-likeness (QED) is 0.774. The minimum absolute atomic E-state index is 0.0341. The summed E-state index contributed by atoms with van der Waals surface area (Å²) in [4.78, 5) is 0. The standard InChI is InChI=1S/C10H12F2O2/c1-6(13)10(14)4-7-2-8(11)5-9(12)3-7/h2-3,5-6,10,13-14H,4H2,1H3. The largest absolute Gasteiger partial charge is 0.391 e. The first-order chi connectivity index (χ1) is 6.49. The number of aliphatic hydroxyl groups is 2. The molecule has 78 valence electrons. The summed E-state index contributed by atoms with van der Waals surface area (Å²) in [7, 11) is 0. The van der Waals surface area contributed by atoms with Crippen LogP contribution in [0, 0.1) is 11.6 Å². The van der Waals surface area contributed by atoms with Crippen LogP contribution in [0.1, 0.15) is 12.5 Å². The lowest BCUT2D eigenvalue weighted by Gasteiger charge is -2.13. The Labute approximate surface area is 80.8 Å². The fraction of sp³-hybridized carbons (Fsp3) is 0.400. The molecule has 4 heteroatoms. The minimum Gasteiger partial charge on any atom is -0.391 e. The van der Waals surface area contributed by atoms with Crippen LogP contribution in [0.2, 0.25) is 0 Å². The molecule has 2 atom stereocenters. The smallest absolute Gasteiger partial charge is 0.126 e. The van der Waals surface area contributed by atoms with Gasteiger partial charge in [0.15, 0.2) is 0 Å². The minimum atomic E-state index is -1.00. The van der Waals surface area contributed by atoms with Crippen LogP contribution in [-0.2, 0) is 6.42 Å². The van der Waals surface area contributed by atoms with Gasteiger partial charge in [-0.3, -0.25) is 0 Å². The van der Waals surface area contributed by atoms with Crippen molar-refractivity contribution in [1.82, 2.24) is 0 Å². The Morgan fingerprint density at radius 1 is 1.14 bits per heavy atom. The van der Waals surface area contributed by atoms with Crippen molar-refractivity contribution in [3.63, 3.8) is 0 Å². The van der Waals surface area contributed by atoms with Crippen LogP contribution in [-0.4, -0.2) is 22.4 Å². The Morgan fingerprint density at radius 2 is 1.64 bits per heavy atom. The first-order valence-electron chi connectivity index (χ1n) is 4.30. The van der Waals surface area contributed by atoms with E-state index >= 15 is 0 Å². The highest BCUT2D eigenvalue weighted by Crippen LogP contribution is 2.11. The lowest BCUT2D eigenvalue weighted by atomic mass is 10.0. The third-order valence-electron chi connectivity index (χ3n) is 1.92. The molecule has 0 aliphatic heterocycles. The van der Waals surface area contributed by atoms with Crippen LogP contribution in [0.5, 0.6) is 0 Å². The molecule has 0 heterocycles. The number of halogens is 2. The number of aliphatic hydroxyl groups excluding tert-OH is 2. The molecule has 0 fully saturated rings. The highest BCUT2D eigenvalue weighted by Gasteiger charge is 2.12. The zero-order valence-corrected chi connectivity index (χ0v) is 7.74. The SMILES string of the molecule is CC(O)C(O)Cc1cc(F)cc(F)c1. The highest BCUT2D eigenvalue weighted by molar-refractivity contribution is 5.18. The monoisotopic (exact) mass is 202 g/mol. The molecule has 14 heavy (non-hydrogen) atoms. The van der Waals surface area contributed by atoms with E-state index < -0.39 is 23.8 Å². The summed E-state index contributed by atoms with van der Waals surface area (Å²) < 4.78 is 25.4. The van der Waals surface area contributed by atoms with Crippen LogP contribution in [0.25, 0.3) is 0 Å². The van der Waals surface area contributed by atoms with E-state index in [1.807, 2.05) is 0 Å². The van der Waals surface area contributed by atoms with Gasteiger partial charge in [0, 0.05) is 12.5 Å². The maximum atomic E-state index is 12.7. The second-order valence-electron chi connectivity index (χ2n) is 3.29. The topological polar surface area (TPSA) is 40.5 Å². The van der Waals surface area contributed by atoms with Crippen molar-refractivity contribution in [2.45, 2.75) is 25.6 Å². The van der Waals surface area contributed by atoms with Gasteiger partial charge in [0.2, 0.25) is 0 Å². The van der Waals surface area contributed by atoms with Gasteiger partial charge in [-0.05, 0) is 24.6 Å². The third-order valence-corrected chi connectivity index (χ3v) is 1.92. The second kappa shape index (κ2) is 4.48. The summed E-state index contributed by atoms with van der Waals surface area (Å²) in [5.41, 5.74) is 0.330. The Kier molecular flexibility index (Phi) is 3.55. The van der Waals surface area contributed by atoms with Gasteiger partial charge in [0.05, 0.1) is 12.2 Å². The zero-order chi connectivity index (χ0) is 10.7. The van der Waals surface area contributed by atoms with Crippen molar-refractivity contribution < 1.29 is 19.0 Å². The van der Waals surface area contributed by atoms with E-state index in [1.165, 1.54) is 6.92 Å². The van der Waals surface area contributed by atoms with Crippen molar-refractivity contribution in [3.05, 3.63) is 35.4 Å². The van der Waals surface area contributed by atoms with E-state index in [2.05, 4.69) is 0 Å². The van der Waals surface area contributed by atoms with E-state index in [0.717, 1.165) is 18.2 Å². The summed E-state index contributed by atoms with van der Waals surface area (Å²) in [6.45, 7) is 1.42. The molecule has 1 aromatic carbocycles. The predicted molar refractivity (Wildman–Crippen MR) is 47.7 cm³/mol. The molecule has 0 amide bonds. The Hall–Kier alpha value is -1.00. The van der Waals surface area contributed by atoms with E-state index in [1.54, 1.807) is 0 Å². The molecule has 1 rings (SSSR count). The maximum absolute atomic E-state index is 12.7. The van der Waals surface area contributed by atoms with Gasteiger partial charge >= 0.3 is 0 Å². The summed E-state index contributed by atoms with van der Waals surface area (Å²) in [6, 6.07) is 3.03. The molecule has 2 nitrogen and oxygen atoms in total. The molecule has 0 radical (unpaired) electrons. The molecule has 2 N–H and O–H groups in total. The summed E-state index contributed by atoms with van der Waals surface area (Å²) in [5, 5.41) is 18.3. The van der Waals surface area contributed by atoms with Gasteiger partial charge in [-0.15, -0.1) is 0 Å². The number of benzene rings is 1. The van der Waals surface area contributed by atoms with Gasteiger partial charge in [0.1, 0.15) is 11.6 Å². The van der Waals surface area contributed by atoms with Gasteiger partial charge in [0.25, 0.3) is 0 Å². The van der Waals surface area contributed by atoms with Gasteiger partial charge in [-0.2, -0.15) is 0 Å². The first kappa shape index (κ1) is 11.1. The van der Waals surface area contributed by atoms with Crippen LogP contribution in [0.4, 0.5) is 8.78 Å². The highest BCUT2D eigenvalue weighted by atomic mass is 19.1. The first-order valence-corrected chi connectivity index (χ1v) is 4.30.